The fourth-order valence-electron chi connectivity index (χ4n) is 1.26. The van der Waals surface area contributed by atoms with Gasteiger partial charge < -0.3 is 4.74 Å². The van der Waals surface area contributed by atoms with Gasteiger partial charge in [-0.25, -0.2) is 0 Å². The molecule has 0 spiro atoms. The Morgan fingerprint density at radius 2 is 2.25 bits per heavy atom. The van der Waals surface area contributed by atoms with Gasteiger partial charge in [-0.2, -0.15) is 0 Å². The lowest BCUT2D eigenvalue weighted by molar-refractivity contribution is 0.305. The quantitative estimate of drug-likeness (QED) is 0.569. The summed E-state index contributed by atoms with van der Waals surface area (Å²) < 4.78 is 5.14. The molecule has 0 saturated carbocycles. The molecule has 0 bridgehead atoms. The minimum absolute atomic E-state index is 0.974. The van der Waals surface area contributed by atoms with E-state index < -0.39 is 0 Å². The number of methoxy groups -OCH3 is 1. The molecule has 0 atom stereocenters. The predicted molar refractivity (Wildman–Crippen MR) is 51.8 cm³/mol. The zero-order chi connectivity index (χ0) is 8.81. The van der Waals surface area contributed by atoms with Crippen molar-refractivity contribution in [3.63, 3.8) is 0 Å². The molecule has 0 saturated heterocycles. The van der Waals surface area contributed by atoms with E-state index in [9.17, 15) is 0 Å². The summed E-state index contributed by atoms with van der Waals surface area (Å²) in [5.74, 6) is 0.974. The molecule has 0 aromatic rings. The van der Waals surface area contributed by atoms with E-state index in [0.717, 1.165) is 25.0 Å². The van der Waals surface area contributed by atoms with Gasteiger partial charge in [0.1, 0.15) is 5.76 Å². The van der Waals surface area contributed by atoms with Crippen molar-refractivity contribution >= 4 is 0 Å². The molecule has 0 aliphatic heterocycles. The van der Waals surface area contributed by atoms with E-state index in [1.54, 1.807) is 7.11 Å². The summed E-state index contributed by atoms with van der Waals surface area (Å²) in [4.78, 5) is 0. The van der Waals surface area contributed by atoms with Crippen LogP contribution in [0.2, 0.25) is 0 Å². The Labute approximate surface area is 74.4 Å². The summed E-state index contributed by atoms with van der Waals surface area (Å²) in [6.07, 6.45) is 11.8. The maximum absolute atomic E-state index is 5.14. The monoisotopic (exact) mass is 164 g/mol. The van der Waals surface area contributed by atoms with Gasteiger partial charge in [0.05, 0.1) is 7.11 Å². The molecule has 0 fully saturated rings. The molecule has 12 heavy (non-hydrogen) atoms. The summed E-state index contributed by atoms with van der Waals surface area (Å²) in [6, 6.07) is 0. The predicted octanol–water partition coefficient (Wildman–Crippen LogP) is 3.20. The Kier molecular flexibility index (Phi) is 3.65. The normalized spacial score (nSPS) is 26.2. The van der Waals surface area contributed by atoms with Crippen molar-refractivity contribution < 1.29 is 4.74 Å². The Balaban J connectivity index is 2.65. The molecule has 1 aliphatic carbocycles. The van der Waals surface area contributed by atoms with Gasteiger partial charge in [-0.15, -0.1) is 0 Å². The average molecular weight is 164 g/mol. The van der Waals surface area contributed by atoms with Crippen LogP contribution in [0, 0.1) is 0 Å². The molecule has 0 unspecified atom stereocenters. The summed E-state index contributed by atoms with van der Waals surface area (Å²) >= 11 is 0. The molecule has 1 nitrogen and oxygen atoms in total. The molecule has 0 heterocycles. The first-order valence-electron chi connectivity index (χ1n) is 4.45. The highest BCUT2D eigenvalue weighted by molar-refractivity contribution is 5.20. The van der Waals surface area contributed by atoms with E-state index in [1.165, 1.54) is 5.57 Å². The highest BCUT2D eigenvalue weighted by atomic mass is 16.5. The summed E-state index contributed by atoms with van der Waals surface area (Å²) in [6.45, 7) is 2.20. The second kappa shape index (κ2) is 4.81. The second-order valence-electron chi connectivity index (χ2n) is 2.87. The molecule has 1 aliphatic rings. The van der Waals surface area contributed by atoms with Crippen LogP contribution in [0.3, 0.4) is 0 Å². The number of hydrogen-bond acceptors (Lipinski definition) is 1. The van der Waals surface area contributed by atoms with E-state index in [-0.39, 0.29) is 0 Å². The standard InChI is InChI=1S/C11H16O/c1-3-10-6-4-8-11(12-2)9-5-7-10/h4,7-9H,3,5-6H2,1-2H3/b8-4?,10-7-,11-9+. The fourth-order valence-corrected chi connectivity index (χ4v) is 1.26. The molecule has 0 amide bonds. The van der Waals surface area contributed by atoms with E-state index in [4.69, 9.17) is 4.74 Å². The van der Waals surface area contributed by atoms with Gasteiger partial charge in [0.15, 0.2) is 0 Å². The second-order valence-corrected chi connectivity index (χ2v) is 2.87. The molecule has 0 aromatic carbocycles. The summed E-state index contributed by atoms with van der Waals surface area (Å²) in [5, 5.41) is 0. The van der Waals surface area contributed by atoms with Crippen LogP contribution in [-0.2, 0) is 4.74 Å². The third-order valence-electron chi connectivity index (χ3n) is 2.08. The van der Waals surface area contributed by atoms with Crippen LogP contribution in [0.25, 0.3) is 0 Å². The van der Waals surface area contributed by atoms with Crippen molar-refractivity contribution in [3.8, 4) is 0 Å². The Morgan fingerprint density at radius 1 is 1.42 bits per heavy atom. The lowest BCUT2D eigenvalue weighted by Crippen LogP contribution is -1.86. The maximum atomic E-state index is 5.14. The first-order chi connectivity index (χ1) is 5.86. The minimum atomic E-state index is 0.974. The van der Waals surface area contributed by atoms with Crippen molar-refractivity contribution in [2.75, 3.05) is 7.11 Å². The molecule has 1 heteroatoms. The SMILES string of the molecule is CC/C1=C/C/C=C(/OC)C=CC1. The topological polar surface area (TPSA) is 9.23 Å². The maximum Gasteiger partial charge on any atom is 0.114 e. The molecule has 0 aromatic heterocycles. The minimum Gasteiger partial charge on any atom is -0.497 e. The highest BCUT2D eigenvalue weighted by Crippen LogP contribution is 2.13. The number of allylic oxidation sites excluding steroid dienone is 5. The van der Waals surface area contributed by atoms with E-state index >= 15 is 0 Å². The van der Waals surface area contributed by atoms with Gasteiger partial charge in [-0.1, -0.05) is 24.6 Å². The van der Waals surface area contributed by atoms with Gasteiger partial charge in [0.25, 0.3) is 0 Å². The lowest BCUT2D eigenvalue weighted by atomic mass is 10.1. The Hall–Kier alpha value is -0.980. The zero-order valence-electron chi connectivity index (χ0n) is 7.84. The molecular formula is C11H16O. The highest BCUT2D eigenvalue weighted by Gasteiger charge is 1.95. The lowest BCUT2D eigenvalue weighted by Gasteiger charge is -2.05. The van der Waals surface area contributed by atoms with Gasteiger partial charge in [0.2, 0.25) is 0 Å². The van der Waals surface area contributed by atoms with Gasteiger partial charge in [-0.3, -0.25) is 0 Å². The fraction of sp³-hybridized carbons (Fsp3) is 0.455. The Morgan fingerprint density at radius 3 is 2.92 bits per heavy atom. The first kappa shape index (κ1) is 9.11. The van der Waals surface area contributed by atoms with E-state index in [2.05, 4.69) is 25.2 Å². The number of ether oxygens (including phenoxy) is 1. The van der Waals surface area contributed by atoms with Gasteiger partial charge in [-0.05, 0) is 31.4 Å². The van der Waals surface area contributed by atoms with Crippen LogP contribution in [0.4, 0.5) is 0 Å². The molecule has 0 N–H and O–H groups in total. The zero-order valence-corrected chi connectivity index (χ0v) is 7.84. The third kappa shape index (κ3) is 2.57. The van der Waals surface area contributed by atoms with Gasteiger partial charge >= 0.3 is 0 Å². The molecule has 0 radical (unpaired) electrons. The smallest absolute Gasteiger partial charge is 0.114 e. The van der Waals surface area contributed by atoms with Crippen molar-refractivity contribution in [1.29, 1.82) is 0 Å². The average Bonchev–Trinajstić information content (AvgIpc) is 2.05. The Bertz CT molecular complexity index is 221. The van der Waals surface area contributed by atoms with Crippen molar-refractivity contribution in [3.05, 3.63) is 35.6 Å². The van der Waals surface area contributed by atoms with E-state index in [0.29, 0.717) is 0 Å². The van der Waals surface area contributed by atoms with E-state index in [1.807, 2.05) is 6.08 Å². The van der Waals surface area contributed by atoms with Crippen LogP contribution in [0.5, 0.6) is 0 Å². The van der Waals surface area contributed by atoms with Crippen molar-refractivity contribution in [2.45, 2.75) is 26.2 Å². The first-order valence-corrected chi connectivity index (χ1v) is 4.45. The van der Waals surface area contributed by atoms with Crippen LogP contribution in [0.1, 0.15) is 26.2 Å². The molecule has 1 rings (SSSR count). The van der Waals surface area contributed by atoms with Crippen molar-refractivity contribution in [1.82, 2.24) is 0 Å². The van der Waals surface area contributed by atoms with Crippen LogP contribution in [-0.4, -0.2) is 7.11 Å². The summed E-state index contributed by atoms with van der Waals surface area (Å²) in [5.41, 5.74) is 1.51. The number of hydrogen-bond donors (Lipinski definition) is 0. The van der Waals surface area contributed by atoms with Crippen LogP contribution in [0.15, 0.2) is 35.6 Å². The van der Waals surface area contributed by atoms with Gasteiger partial charge in [0, 0.05) is 0 Å². The van der Waals surface area contributed by atoms with Crippen molar-refractivity contribution in [2.24, 2.45) is 0 Å². The largest absolute Gasteiger partial charge is 0.497 e. The molecular weight excluding hydrogens is 148 g/mol. The van der Waals surface area contributed by atoms with Crippen LogP contribution < -0.4 is 0 Å². The molecule has 66 valence electrons. The summed E-state index contributed by atoms with van der Waals surface area (Å²) in [7, 11) is 1.71. The number of rotatable bonds is 2. The third-order valence-corrected chi connectivity index (χ3v) is 2.08. The van der Waals surface area contributed by atoms with Crippen LogP contribution >= 0.6 is 0 Å².